The molecule has 2 aromatic heterocycles. The van der Waals surface area contributed by atoms with Gasteiger partial charge in [0.2, 0.25) is 0 Å². The molecule has 0 spiro atoms. The third-order valence-corrected chi connectivity index (χ3v) is 5.91. The SMILES string of the molecule is Cc1ccc(N2CC[C@@H](COc3ccc(-c4ccn(C)n4)c4cccnc34)OCC2=O)cc1. The number of rotatable bonds is 5. The van der Waals surface area contributed by atoms with Crippen LogP contribution < -0.4 is 9.64 Å². The fourth-order valence-corrected chi connectivity index (χ4v) is 4.11. The highest BCUT2D eigenvalue weighted by Gasteiger charge is 2.25. The van der Waals surface area contributed by atoms with Crippen molar-refractivity contribution in [1.82, 2.24) is 14.8 Å². The number of aromatic nitrogens is 3. The standard InChI is InChI=1S/C26H26N4O3/c1-18-5-7-19(8-6-18)30-15-11-20(32-17-25(30)31)16-33-24-10-9-21(23-12-14-29(2)28-23)22-4-3-13-27-26(22)24/h3-10,12-14,20H,11,15-17H2,1-2H3/t20-/m0/s1. The summed E-state index contributed by atoms with van der Waals surface area (Å²) in [7, 11) is 1.90. The Bertz CT molecular complexity index is 1280. The summed E-state index contributed by atoms with van der Waals surface area (Å²) in [6.07, 6.45) is 4.19. The number of nitrogens with zero attached hydrogens (tertiary/aromatic N) is 4. The van der Waals surface area contributed by atoms with E-state index >= 15 is 0 Å². The molecule has 1 saturated heterocycles. The molecule has 2 aromatic carbocycles. The lowest BCUT2D eigenvalue weighted by molar-refractivity contribution is -0.123. The molecule has 1 atom stereocenters. The molecule has 1 fully saturated rings. The molecule has 33 heavy (non-hydrogen) atoms. The van der Waals surface area contributed by atoms with Crippen LogP contribution in [0.25, 0.3) is 22.2 Å². The number of hydrogen-bond donors (Lipinski definition) is 0. The molecule has 5 rings (SSSR count). The quantitative estimate of drug-likeness (QED) is 0.465. The van der Waals surface area contributed by atoms with Gasteiger partial charge in [-0.05, 0) is 49.7 Å². The van der Waals surface area contributed by atoms with Crippen molar-refractivity contribution in [3.8, 4) is 17.0 Å². The van der Waals surface area contributed by atoms with Gasteiger partial charge in [-0.25, -0.2) is 0 Å². The molecule has 1 aliphatic heterocycles. The molecule has 1 aliphatic rings. The van der Waals surface area contributed by atoms with Gasteiger partial charge in [-0.15, -0.1) is 0 Å². The van der Waals surface area contributed by atoms with Gasteiger partial charge < -0.3 is 14.4 Å². The highest BCUT2D eigenvalue weighted by Crippen LogP contribution is 2.32. The number of amides is 1. The third-order valence-electron chi connectivity index (χ3n) is 5.91. The molecule has 3 heterocycles. The average molecular weight is 443 g/mol. The lowest BCUT2D eigenvalue weighted by atomic mass is 10.1. The topological polar surface area (TPSA) is 69.5 Å². The number of fused-ring (bicyclic) bond motifs is 1. The first-order chi connectivity index (χ1) is 16.1. The highest BCUT2D eigenvalue weighted by molar-refractivity contribution is 5.97. The van der Waals surface area contributed by atoms with Crippen molar-refractivity contribution in [2.45, 2.75) is 19.4 Å². The molecule has 7 heteroatoms. The molecule has 0 unspecified atom stereocenters. The van der Waals surface area contributed by atoms with Crippen molar-refractivity contribution in [3.05, 3.63) is 72.6 Å². The first kappa shape index (κ1) is 21.2. The van der Waals surface area contributed by atoms with E-state index in [0.717, 1.165) is 27.8 Å². The van der Waals surface area contributed by atoms with E-state index in [9.17, 15) is 4.79 Å². The van der Waals surface area contributed by atoms with Gasteiger partial charge in [-0.3, -0.25) is 14.5 Å². The second kappa shape index (κ2) is 9.03. The Balaban J connectivity index is 1.31. The molecule has 0 radical (unpaired) electrons. The number of benzene rings is 2. The summed E-state index contributed by atoms with van der Waals surface area (Å²) in [5.74, 6) is 0.660. The normalized spacial score (nSPS) is 16.7. The van der Waals surface area contributed by atoms with Crippen LogP contribution in [0.4, 0.5) is 5.69 Å². The van der Waals surface area contributed by atoms with Gasteiger partial charge in [0.1, 0.15) is 24.5 Å². The van der Waals surface area contributed by atoms with E-state index in [0.29, 0.717) is 25.3 Å². The zero-order valence-electron chi connectivity index (χ0n) is 18.8. The molecule has 0 aliphatic carbocycles. The Hall–Kier alpha value is -3.71. The maximum atomic E-state index is 12.6. The van der Waals surface area contributed by atoms with Crippen molar-refractivity contribution >= 4 is 22.5 Å². The molecule has 4 aromatic rings. The fourth-order valence-electron chi connectivity index (χ4n) is 4.11. The van der Waals surface area contributed by atoms with E-state index in [4.69, 9.17) is 9.47 Å². The highest BCUT2D eigenvalue weighted by atomic mass is 16.5. The van der Waals surface area contributed by atoms with E-state index in [-0.39, 0.29) is 18.6 Å². The average Bonchev–Trinajstić information content (AvgIpc) is 3.18. The maximum absolute atomic E-state index is 12.6. The lowest BCUT2D eigenvalue weighted by Gasteiger charge is -2.20. The van der Waals surface area contributed by atoms with Gasteiger partial charge in [0, 0.05) is 42.6 Å². The first-order valence-electron chi connectivity index (χ1n) is 11.1. The van der Waals surface area contributed by atoms with Gasteiger partial charge in [0.25, 0.3) is 5.91 Å². The van der Waals surface area contributed by atoms with E-state index < -0.39 is 0 Å². The largest absolute Gasteiger partial charge is 0.489 e. The van der Waals surface area contributed by atoms with E-state index in [2.05, 4.69) is 10.1 Å². The smallest absolute Gasteiger partial charge is 0.252 e. The number of hydrogen-bond acceptors (Lipinski definition) is 5. The summed E-state index contributed by atoms with van der Waals surface area (Å²) < 4.78 is 13.8. The number of carbonyl (C=O) groups is 1. The van der Waals surface area contributed by atoms with Gasteiger partial charge in [-0.2, -0.15) is 5.10 Å². The first-order valence-corrected chi connectivity index (χ1v) is 11.1. The molecular weight excluding hydrogens is 416 g/mol. The predicted octanol–water partition coefficient (Wildman–Crippen LogP) is 4.14. The third kappa shape index (κ3) is 4.45. The zero-order valence-corrected chi connectivity index (χ0v) is 18.8. The van der Waals surface area contributed by atoms with Crippen molar-refractivity contribution in [1.29, 1.82) is 0 Å². The van der Waals surface area contributed by atoms with Gasteiger partial charge >= 0.3 is 0 Å². The van der Waals surface area contributed by atoms with Crippen molar-refractivity contribution in [3.63, 3.8) is 0 Å². The maximum Gasteiger partial charge on any atom is 0.252 e. The summed E-state index contributed by atoms with van der Waals surface area (Å²) in [5, 5.41) is 5.51. The van der Waals surface area contributed by atoms with Crippen molar-refractivity contribution in [2.75, 3.05) is 24.7 Å². The number of aryl methyl sites for hydroxylation is 2. The van der Waals surface area contributed by atoms with Crippen LogP contribution in [0.15, 0.2) is 67.0 Å². The summed E-state index contributed by atoms with van der Waals surface area (Å²) in [4.78, 5) is 19.0. The van der Waals surface area contributed by atoms with E-state index in [1.54, 1.807) is 15.8 Å². The molecular formula is C26H26N4O3. The molecule has 0 N–H and O–H groups in total. The van der Waals surface area contributed by atoms with Crippen LogP contribution in [-0.4, -0.2) is 46.5 Å². The monoisotopic (exact) mass is 442 g/mol. The molecule has 0 saturated carbocycles. The number of pyridine rings is 1. The van der Waals surface area contributed by atoms with Crippen molar-refractivity contribution in [2.24, 2.45) is 7.05 Å². The van der Waals surface area contributed by atoms with Gasteiger partial charge in [-0.1, -0.05) is 23.8 Å². The molecule has 168 valence electrons. The fraction of sp³-hybridized carbons (Fsp3) is 0.269. The van der Waals surface area contributed by atoms with Crippen LogP contribution in [0.2, 0.25) is 0 Å². The van der Waals surface area contributed by atoms with Crippen LogP contribution in [0, 0.1) is 6.92 Å². The molecule has 1 amide bonds. The minimum atomic E-state index is -0.182. The number of ether oxygens (including phenoxy) is 2. The van der Waals surface area contributed by atoms with Crippen LogP contribution in [0.5, 0.6) is 5.75 Å². The summed E-state index contributed by atoms with van der Waals surface area (Å²) >= 11 is 0. The predicted molar refractivity (Wildman–Crippen MR) is 127 cm³/mol. The molecule has 7 nitrogen and oxygen atoms in total. The Labute approximate surface area is 192 Å². The van der Waals surface area contributed by atoms with Gasteiger partial charge in [0.05, 0.1) is 11.8 Å². The summed E-state index contributed by atoms with van der Waals surface area (Å²) in [6, 6.07) is 17.9. The summed E-state index contributed by atoms with van der Waals surface area (Å²) in [6.45, 7) is 3.02. The van der Waals surface area contributed by atoms with Crippen molar-refractivity contribution < 1.29 is 14.3 Å². The lowest BCUT2D eigenvalue weighted by Crippen LogP contribution is -2.32. The van der Waals surface area contributed by atoms with E-state index in [1.807, 2.05) is 74.8 Å². The number of carbonyl (C=O) groups excluding carboxylic acids is 1. The Morgan fingerprint density at radius 1 is 1.12 bits per heavy atom. The second-order valence-electron chi connectivity index (χ2n) is 8.30. The van der Waals surface area contributed by atoms with Crippen LogP contribution >= 0.6 is 0 Å². The minimum Gasteiger partial charge on any atom is -0.489 e. The second-order valence-corrected chi connectivity index (χ2v) is 8.30. The Morgan fingerprint density at radius 3 is 2.76 bits per heavy atom. The molecule has 0 bridgehead atoms. The number of anilines is 1. The Morgan fingerprint density at radius 2 is 1.97 bits per heavy atom. The summed E-state index contributed by atoms with van der Waals surface area (Å²) in [5.41, 5.74) is 4.75. The Kier molecular flexibility index (Phi) is 5.79. The van der Waals surface area contributed by atoms with Crippen LogP contribution in [-0.2, 0) is 16.6 Å². The van der Waals surface area contributed by atoms with E-state index in [1.165, 1.54) is 5.56 Å². The minimum absolute atomic E-state index is 0.0341. The van der Waals surface area contributed by atoms with Gasteiger partial charge in [0.15, 0.2) is 0 Å². The van der Waals surface area contributed by atoms with Crippen LogP contribution in [0.1, 0.15) is 12.0 Å². The zero-order chi connectivity index (χ0) is 22.8. The van der Waals surface area contributed by atoms with Crippen LogP contribution in [0.3, 0.4) is 0 Å².